The van der Waals surface area contributed by atoms with Crippen molar-refractivity contribution in [2.24, 2.45) is 5.92 Å². The van der Waals surface area contributed by atoms with E-state index in [0.717, 1.165) is 19.5 Å². The van der Waals surface area contributed by atoms with Gasteiger partial charge < -0.3 is 15.3 Å². The van der Waals surface area contributed by atoms with Gasteiger partial charge in [-0.25, -0.2) is 4.79 Å². The van der Waals surface area contributed by atoms with Crippen LogP contribution in [0.4, 0.5) is 4.79 Å². The van der Waals surface area contributed by atoms with Crippen LogP contribution in [0, 0.1) is 5.92 Å². The predicted molar refractivity (Wildman–Crippen MR) is 60.2 cm³/mol. The molecule has 0 radical (unpaired) electrons. The lowest BCUT2D eigenvalue weighted by molar-refractivity contribution is -0.136. The number of hydrogen-bond donors (Lipinski definition) is 2. The third kappa shape index (κ3) is 5.00. The molecule has 1 aliphatic carbocycles. The van der Waals surface area contributed by atoms with Crippen molar-refractivity contribution in [3.63, 3.8) is 0 Å². The molecule has 0 unspecified atom stereocenters. The fourth-order valence-corrected chi connectivity index (χ4v) is 1.55. The van der Waals surface area contributed by atoms with E-state index >= 15 is 0 Å². The van der Waals surface area contributed by atoms with Gasteiger partial charge in [0.2, 0.25) is 0 Å². The van der Waals surface area contributed by atoms with Crippen LogP contribution in [-0.4, -0.2) is 41.6 Å². The molecule has 2 amide bonds. The van der Waals surface area contributed by atoms with Gasteiger partial charge in [-0.05, 0) is 25.2 Å². The standard InChI is InChI=1S/C11H20N2O3/c1-2-7-13(8-9-3-4-9)11(16)12-6-5-10(14)15/h9H,2-8H2,1H3,(H,12,16)(H,14,15). The molecule has 1 aliphatic rings. The minimum Gasteiger partial charge on any atom is -0.481 e. The first kappa shape index (κ1) is 12.8. The highest BCUT2D eigenvalue weighted by atomic mass is 16.4. The number of carboxylic acids is 1. The van der Waals surface area contributed by atoms with Crippen molar-refractivity contribution in [2.45, 2.75) is 32.6 Å². The van der Waals surface area contributed by atoms with Crippen LogP contribution in [-0.2, 0) is 4.79 Å². The Morgan fingerprint density at radius 1 is 1.44 bits per heavy atom. The molecule has 1 fully saturated rings. The van der Waals surface area contributed by atoms with E-state index in [2.05, 4.69) is 5.32 Å². The first-order chi connectivity index (χ1) is 7.63. The van der Waals surface area contributed by atoms with Crippen LogP contribution in [0.5, 0.6) is 0 Å². The van der Waals surface area contributed by atoms with Gasteiger partial charge in [-0.1, -0.05) is 6.92 Å². The van der Waals surface area contributed by atoms with Crippen molar-refractivity contribution in [3.05, 3.63) is 0 Å². The normalized spacial score (nSPS) is 14.6. The van der Waals surface area contributed by atoms with Crippen LogP contribution in [0.3, 0.4) is 0 Å². The number of aliphatic carboxylic acids is 1. The highest BCUT2D eigenvalue weighted by molar-refractivity contribution is 5.75. The van der Waals surface area contributed by atoms with Gasteiger partial charge in [-0.3, -0.25) is 4.79 Å². The number of rotatable bonds is 7. The Labute approximate surface area is 95.8 Å². The monoisotopic (exact) mass is 228 g/mol. The van der Waals surface area contributed by atoms with Gasteiger partial charge in [-0.2, -0.15) is 0 Å². The summed E-state index contributed by atoms with van der Waals surface area (Å²) >= 11 is 0. The molecule has 0 aromatic rings. The molecule has 0 bridgehead atoms. The first-order valence-electron chi connectivity index (χ1n) is 5.88. The molecule has 1 saturated carbocycles. The molecule has 0 heterocycles. The van der Waals surface area contributed by atoms with Gasteiger partial charge in [0.15, 0.2) is 0 Å². The molecule has 1 rings (SSSR count). The van der Waals surface area contributed by atoms with Crippen molar-refractivity contribution in [2.75, 3.05) is 19.6 Å². The Kier molecular flexibility index (Phi) is 5.08. The number of urea groups is 1. The Bertz CT molecular complexity index is 252. The molecular formula is C11H20N2O3. The zero-order valence-electron chi connectivity index (χ0n) is 9.74. The lowest BCUT2D eigenvalue weighted by atomic mass is 10.3. The maximum atomic E-state index is 11.7. The summed E-state index contributed by atoms with van der Waals surface area (Å²) in [6.45, 7) is 3.80. The highest BCUT2D eigenvalue weighted by Gasteiger charge is 2.26. The smallest absolute Gasteiger partial charge is 0.317 e. The Balaban J connectivity index is 2.25. The molecule has 5 nitrogen and oxygen atoms in total. The molecule has 0 atom stereocenters. The molecule has 0 spiro atoms. The van der Waals surface area contributed by atoms with Crippen LogP contribution >= 0.6 is 0 Å². The minimum absolute atomic E-state index is 0.0187. The third-order valence-electron chi connectivity index (χ3n) is 2.57. The van der Waals surface area contributed by atoms with Crippen molar-refractivity contribution < 1.29 is 14.7 Å². The van der Waals surface area contributed by atoms with Crippen LogP contribution in [0.1, 0.15) is 32.6 Å². The highest BCUT2D eigenvalue weighted by Crippen LogP contribution is 2.29. The van der Waals surface area contributed by atoms with Crippen LogP contribution in [0.25, 0.3) is 0 Å². The van der Waals surface area contributed by atoms with E-state index in [4.69, 9.17) is 5.11 Å². The van der Waals surface area contributed by atoms with Crippen molar-refractivity contribution in [1.82, 2.24) is 10.2 Å². The average Bonchev–Trinajstić information content (AvgIpc) is 3.00. The summed E-state index contributed by atoms with van der Waals surface area (Å²) < 4.78 is 0. The molecule has 0 saturated heterocycles. The number of nitrogens with zero attached hydrogens (tertiary/aromatic N) is 1. The molecule has 16 heavy (non-hydrogen) atoms. The number of carboxylic acid groups (broad SMARTS) is 1. The van der Waals surface area contributed by atoms with E-state index in [-0.39, 0.29) is 19.0 Å². The van der Waals surface area contributed by atoms with Gasteiger partial charge in [-0.15, -0.1) is 0 Å². The maximum Gasteiger partial charge on any atom is 0.317 e. The van der Waals surface area contributed by atoms with Crippen molar-refractivity contribution >= 4 is 12.0 Å². The number of carbonyl (C=O) groups excluding carboxylic acids is 1. The second-order valence-electron chi connectivity index (χ2n) is 4.27. The topological polar surface area (TPSA) is 69.6 Å². The van der Waals surface area contributed by atoms with Gasteiger partial charge in [0.1, 0.15) is 0 Å². The Morgan fingerprint density at radius 3 is 2.62 bits per heavy atom. The summed E-state index contributed by atoms with van der Waals surface area (Å²) in [5, 5.41) is 11.1. The molecule has 92 valence electrons. The molecule has 2 N–H and O–H groups in total. The van der Waals surface area contributed by atoms with E-state index in [0.29, 0.717) is 5.92 Å². The second kappa shape index (κ2) is 6.35. The first-order valence-corrected chi connectivity index (χ1v) is 5.88. The predicted octanol–water partition coefficient (Wildman–Crippen LogP) is 1.29. The average molecular weight is 228 g/mol. The summed E-state index contributed by atoms with van der Waals surface area (Å²) in [6.07, 6.45) is 3.33. The minimum atomic E-state index is -0.885. The van der Waals surface area contributed by atoms with Crippen LogP contribution in [0.15, 0.2) is 0 Å². The number of carbonyl (C=O) groups is 2. The van der Waals surface area contributed by atoms with E-state index in [1.165, 1.54) is 12.8 Å². The number of nitrogens with one attached hydrogen (secondary N) is 1. The SMILES string of the molecule is CCCN(CC1CC1)C(=O)NCCC(=O)O. The molecule has 0 aromatic heterocycles. The van der Waals surface area contributed by atoms with E-state index < -0.39 is 5.97 Å². The van der Waals surface area contributed by atoms with Crippen molar-refractivity contribution in [3.8, 4) is 0 Å². The summed E-state index contributed by atoms with van der Waals surface area (Å²) in [6, 6.07) is -0.130. The maximum absolute atomic E-state index is 11.7. The van der Waals surface area contributed by atoms with E-state index in [1.54, 1.807) is 4.90 Å². The second-order valence-corrected chi connectivity index (χ2v) is 4.27. The lowest BCUT2D eigenvalue weighted by Gasteiger charge is -2.22. The largest absolute Gasteiger partial charge is 0.481 e. The van der Waals surface area contributed by atoms with Gasteiger partial charge >= 0.3 is 12.0 Å². The zero-order chi connectivity index (χ0) is 12.0. The molecule has 0 aromatic carbocycles. The van der Waals surface area contributed by atoms with E-state index in [9.17, 15) is 9.59 Å². The summed E-state index contributed by atoms with van der Waals surface area (Å²) in [7, 11) is 0. The quantitative estimate of drug-likeness (QED) is 0.690. The third-order valence-corrected chi connectivity index (χ3v) is 2.57. The van der Waals surface area contributed by atoms with Gasteiger partial charge in [0.25, 0.3) is 0 Å². The summed E-state index contributed by atoms with van der Waals surface area (Å²) in [5.41, 5.74) is 0. The van der Waals surface area contributed by atoms with Crippen LogP contribution in [0.2, 0.25) is 0 Å². The number of amides is 2. The van der Waals surface area contributed by atoms with Crippen molar-refractivity contribution in [1.29, 1.82) is 0 Å². The zero-order valence-corrected chi connectivity index (χ0v) is 9.74. The fraction of sp³-hybridized carbons (Fsp3) is 0.818. The summed E-state index contributed by atoms with van der Waals surface area (Å²) in [4.78, 5) is 23.8. The fourth-order valence-electron chi connectivity index (χ4n) is 1.55. The molecule has 5 heteroatoms. The van der Waals surface area contributed by atoms with Gasteiger partial charge in [0.05, 0.1) is 6.42 Å². The van der Waals surface area contributed by atoms with Crippen LogP contribution < -0.4 is 5.32 Å². The summed E-state index contributed by atoms with van der Waals surface area (Å²) in [5.74, 6) is -0.221. The Morgan fingerprint density at radius 2 is 2.12 bits per heavy atom. The van der Waals surface area contributed by atoms with E-state index in [1.807, 2.05) is 6.92 Å². The molecule has 0 aliphatic heterocycles. The lowest BCUT2D eigenvalue weighted by Crippen LogP contribution is -2.42. The molecular weight excluding hydrogens is 208 g/mol. The van der Waals surface area contributed by atoms with Gasteiger partial charge in [0, 0.05) is 19.6 Å². The number of hydrogen-bond acceptors (Lipinski definition) is 2. The Hall–Kier alpha value is -1.26.